The second-order valence-corrected chi connectivity index (χ2v) is 10.1. The summed E-state index contributed by atoms with van der Waals surface area (Å²) in [5, 5.41) is 3.95. The zero-order valence-corrected chi connectivity index (χ0v) is 24.3. The summed E-state index contributed by atoms with van der Waals surface area (Å²) in [6.45, 7) is 1.67. The Morgan fingerprint density at radius 3 is 1.90 bits per heavy atom. The third-order valence-corrected chi connectivity index (χ3v) is 6.46. The Hall–Kier alpha value is -4.28. The minimum absolute atomic E-state index is 0.00538. The van der Waals surface area contributed by atoms with Crippen molar-refractivity contribution in [3.05, 3.63) is 122 Å². The summed E-state index contributed by atoms with van der Waals surface area (Å²) in [6.07, 6.45) is 1.36. The third-order valence-electron chi connectivity index (χ3n) is 5.29. The van der Waals surface area contributed by atoms with E-state index in [1.807, 2.05) is 19.1 Å². The molecule has 8 nitrogen and oxygen atoms in total. The lowest BCUT2D eigenvalue weighted by molar-refractivity contribution is -0.123. The van der Waals surface area contributed by atoms with Gasteiger partial charge in [0.25, 0.3) is 5.91 Å². The summed E-state index contributed by atoms with van der Waals surface area (Å²) in [5.41, 5.74) is 4.54. The molecule has 0 fully saturated rings. The molecule has 1 amide bonds. The number of nitrogens with zero attached hydrogens (tertiary/aromatic N) is 1. The highest BCUT2D eigenvalue weighted by molar-refractivity contribution is 9.11. The van der Waals surface area contributed by atoms with Crippen LogP contribution in [0.3, 0.4) is 0 Å². The lowest BCUT2D eigenvalue weighted by atomic mass is 10.2. The second kappa shape index (κ2) is 13.7. The van der Waals surface area contributed by atoms with Crippen LogP contribution in [0.5, 0.6) is 17.2 Å². The van der Waals surface area contributed by atoms with Gasteiger partial charge in [-0.1, -0.05) is 36.4 Å². The van der Waals surface area contributed by atoms with Gasteiger partial charge in [0.2, 0.25) is 0 Å². The van der Waals surface area contributed by atoms with Gasteiger partial charge in [-0.25, -0.2) is 15.0 Å². The molecule has 0 aromatic heterocycles. The number of hydrogen-bond acceptors (Lipinski definition) is 7. The van der Waals surface area contributed by atoms with E-state index in [-0.39, 0.29) is 18.1 Å². The highest BCUT2D eigenvalue weighted by Gasteiger charge is 2.17. The van der Waals surface area contributed by atoms with Crippen LogP contribution in [-0.2, 0) is 4.79 Å². The molecular formula is C30H22Br2N2O6. The molecule has 4 aromatic rings. The number of benzene rings is 4. The maximum absolute atomic E-state index is 12.7. The predicted molar refractivity (Wildman–Crippen MR) is 157 cm³/mol. The summed E-state index contributed by atoms with van der Waals surface area (Å²) in [7, 11) is 0. The van der Waals surface area contributed by atoms with Crippen LogP contribution >= 0.6 is 31.9 Å². The molecular weight excluding hydrogens is 644 g/mol. The minimum atomic E-state index is -0.634. The number of ether oxygens (including phenoxy) is 3. The minimum Gasteiger partial charge on any atom is -0.481 e. The van der Waals surface area contributed by atoms with E-state index in [2.05, 4.69) is 42.4 Å². The molecule has 0 aliphatic carbocycles. The van der Waals surface area contributed by atoms with E-state index in [1.54, 1.807) is 66.7 Å². The molecule has 0 heterocycles. The van der Waals surface area contributed by atoms with Crippen molar-refractivity contribution in [3.63, 3.8) is 0 Å². The standard InChI is InChI=1S/C30H22Br2N2O6/c1-19-14-23(31)28(24(32)15-19)38-18-27(35)34-33-17-20-12-13-25(39-29(36)21-8-4-2-5-9-21)26(16-20)40-30(37)22-10-6-3-7-11-22/h2-17H,18H2,1H3,(H,34,35). The van der Waals surface area contributed by atoms with Crippen molar-refractivity contribution in [2.24, 2.45) is 5.10 Å². The van der Waals surface area contributed by atoms with Gasteiger partial charge in [-0.3, -0.25) is 4.79 Å². The molecule has 0 aliphatic heterocycles. The number of amides is 1. The maximum atomic E-state index is 12.7. The van der Waals surface area contributed by atoms with Gasteiger partial charge in [0.05, 0.1) is 26.3 Å². The molecule has 10 heteroatoms. The summed E-state index contributed by atoms with van der Waals surface area (Å²) in [4.78, 5) is 37.6. The number of halogens is 2. The highest BCUT2D eigenvalue weighted by Crippen LogP contribution is 2.34. The van der Waals surface area contributed by atoms with Crippen molar-refractivity contribution in [2.45, 2.75) is 6.92 Å². The smallest absolute Gasteiger partial charge is 0.343 e. The molecule has 4 rings (SSSR count). The maximum Gasteiger partial charge on any atom is 0.343 e. The average Bonchev–Trinajstić information content (AvgIpc) is 2.94. The van der Waals surface area contributed by atoms with E-state index in [0.717, 1.165) is 5.56 Å². The fourth-order valence-corrected chi connectivity index (χ4v) is 5.05. The van der Waals surface area contributed by atoms with Gasteiger partial charge < -0.3 is 14.2 Å². The first kappa shape index (κ1) is 28.7. The van der Waals surface area contributed by atoms with E-state index < -0.39 is 17.8 Å². The zero-order chi connectivity index (χ0) is 28.5. The Labute approximate surface area is 247 Å². The van der Waals surface area contributed by atoms with Crippen molar-refractivity contribution < 1.29 is 28.6 Å². The van der Waals surface area contributed by atoms with E-state index in [4.69, 9.17) is 14.2 Å². The third kappa shape index (κ3) is 7.87. The Balaban J connectivity index is 1.46. The summed E-state index contributed by atoms with van der Waals surface area (Å²) in [5.74, 6) is -1.19. The van der Waals surface area contributed by atoms with Crippen molar-refractivity contribution in [1.29, 1.82) is 0 Å². The normalized spacial score (nSPS) is 10.7. The van der Waals surface area contributed by atoms with Crippen molar-refractivity contribution in [2.75, 3.05) is 6.61 Å². The monoisotopic (exact) mass is 664 g/mol. The number of hydrazone groups is 1. The van der Waals surface area contributed by atoms with E-state index in [9.17, 15) is 14.4 Å². The van der Waals surface area contributed by atoms with Gasteiger partial charge in [-0.2, -0.15) is 5.10 Å². The molecule has 0 unspecified atom stereocenters. The molecule has 0 saturated heterocycles. The van der Waals surface area contributed by atoms with Crippen molar-refractivity contribution >= 4 is 55.9 Å². The highest BCUT2D eigenvalue weighted by atomic mass is 79.9. The van der Waals surface area contributed by atoms with Crippen LogP contribution in [0, 0.1) is 6.92 Å². The molecule has 0 saturated carbocycles. The number of rotatable bonds is 9. The summed E-state index contributed by atoms with van der Waals surface area (Å²) < 4.78 is 18.1. The number of carbonyl (C=O) groups excluding carboxylic acids is 3. The lowest BCUT2D eigenvalue weighted by Gasteiger charge is -2.12. The Morgan fingerprint density at radius 2 is 1.32 bits per heavy atom. The van der Waals surface area contributed by atoms with Crippen molar-refractivity contribution in [3.8, 4) is 17.2 Å². The first-order valence-electron chi connectivity index (χ1n) is 11.9. The van der Waals surface area contributed by atoms with Gasteiger partial charge in [0.15, 0.2) is 18.1 Å². The van der Waals surface area contributed by atoms with Gasteiger partial charge in [0, 0.05) is 0 Å². The molecule has 0 spiro atoms. The number of esters is 2. The molecule has 202 valence electrons. The van der Waals surface area contributed by atoms with Gasteiger partial charge in [-0.15, -0.1) is 0 Å². The van der Waals surface area contributed by atoms with Crippen LogP contribution in [0.2, 0.25) is 0 Å². The number of carbonyl (C=O) groups is 3. The zero-order valence-electron chi connectivity index (χ0n) is 21.1. The molecule has 4 aromatic carbocycles. The topological polar surface area (TPSA) is 103 Å². The fourth-order valence-electron chi connectivity index (χ4n) is 3.41. The molecule has 0 bridgehead atoms. The van der Waals surface area contributed by atoms with Crippen LogP contribution in [-0.4, -0.2) is 30.7 Å². The molecule has 40 heavy (non-hydrogen) atoms. The van der Waals surface area contributed by atoms with Crippen LogP contribution < -0.4 is 19.6 Å². The summed E-state index contributed by atoms with van der Waals surface area (Å²) >= 11 is 6.84. The fraction of sp³-hybridized carbons (Fsp3) is 0.0667. The molecule has 0 atom stereocenters. The number of hydrogen-bond donors (Lipinski definition) is 1. The van der Waals surface area contributed by atoms with Crippen LogP contribution in [0.25, 0.3) is 0 Å². The Morgan fingerprint density at radius 1 is 0.775 bits per heavy atom. The van der Waals surface area contributed by atoms with Gasteiger partial charge in [-0.05, 0) is 105 Å². The number of aryl methyl sites for hydroxylation is 1. The average molecular weight is 666 g/mol. The second-order valence-electron chi connectivity index (χ2n) is 8.36. The lowest BCUT2D eigenvalue weighted by Crippen LogP contribution is -2.24. The van der Waals surface area contributed by atoms with E-state index in [1.165, 1.54) is 18.3 Å². The number of nitrogens with one attached hydrogen (secondary N) is 1. The molecule has 0 aliphatic rings. The van der Waals surface area contributed by atoms with Crippen molar-refractivity contribution in [1.82, 2.24) is 5.43 Å². The van der Waals surface area contributed by atoms with Gasteiger partial charge in [0.1, 0.15) is 5.75 Å². The van der Waals surface area contributed by atoms with Crippen LogP contribution in [0.15, 0.2) is 105 Å². The largest absolute Gasteiger partial charge is 0.481 e. The Bertz CT molecular complexity index is 1540. The van der Waals surface area contributed by atoms with E-state index >= 15 is 0 Å². The quantitative estimate of drug-likeness (QED) is 0.0949. The van der Waals surface area contributed by atoms with Gasteiger partial charge >= 0.3 is 11.9 Å². The first-order chi connectivity index (χ1) is 19.3. The summed E-state index contributed by atoms with van der Waals surface area (Å²) in [6, 6.07) is 25.1. The SMILES string of the molecule is Cc1cc(Br)c(OCC(=O)NN=Cc2ccc(OC(=O)c3ccccc3)c(OC(=O)c3ccccc3)c2)c(Br)c1. The Kier molecular flexibility index (Phi) is 9.82. The molecule has 0 radical (unpaired) electrons. The van der Waals surface area contributed by atoms with E-state index in [0.29, 0.717) is 31.4 Å². The van der Waals surface area contributed by atoms with Crippen LogP contribution in [0.1, 0.15) is 31.8 Å². The molecule has 1 N–H and O–H groups in total. The predicted octanol–water partition coefficient (Wildman–Crippen LogP) is 6.49. The van der Waals surface area contributed by atoms with Crippen LogP contribution in [0.4, 0.5) is 0 Å². The first-order valence-corrected chi connectivity index (χ1v) is 13.5.